The second-order valence-corrected chi connectivity index (χ2v) is 9.52. The third-order valence-corrected chi connectivity index (χ3v) is 6.90. The van der Waals surface area contributed by atoms with Gasteiger partial charge in [0.15, 0.2) is 0 Å². The minimum atomic E-state index is -3.62. The van der Waals surface area contributed by atoms with Gasteiger partial charge in [-0.15, -0.1) is 11.3 Å². The van der Waals surface area contributed by atoms with Crippen LogP contribution in [0.5, 0.6) is 0 Å². The van der Waals surface area contributed by atoms with Gasteiger partial charge in [0.2, 0.25) is 0 Å². The molecule has 0 spiro atoms. The van der Waals surface area contributed by atoms with Crippen LogP contribution in [-0.2, 0) is 10.0 Å². The molecule has 0 aliphatic rings. The highest BCUT2D eigenvalue weighted by Gasteiger charge is 2.14. The van der Waals surface area contributed by atoms with Gasteiger partial charge in [0, 0.05) is 27.2 Å². The Morgan fingerprint density at radius 1 is 0.862 bits per heavy atom. The van der Waals surface area contributed by atoms with E-state index in [1.54, 1.807) is 47.7 Å². The van der Waals surface area contributed by atoms with E-state index in [1.165, 1.54) is 0 Å². The topological polar surface area (TPSA) is 59.1 Å². The van der Waals surface area contributed by atoms with Crippen LogP contribution in [0.3, 0.4) is 0 Å². The van der Waals surface area contributed by atoms with Crippen molar-refractivity contribution < 1.29 is 8.42 Å². The zero-order chi connectivity index (χ0) is 20.4. The van der Waals surface area contributed by atoms with Gasteiger partial charge in [-0.3, -0.25) is 4.72 Å². The van der Waals surface area contributed by atoms with Crippen molar-refractivity contribution in [2.75, 3.05) is 4.72 Å². The Labute approximate surface area is 178 Å². The Kier molecular flexibility index (Phi) is 5.41. The fraction of sp³-hybridized carbons (Fsp3) is 0.0455. The van der Waals surface area contributed by atoms with Crippen LogP contribution in [0.15, 0.2) is 83.1 Å². The van der Waals surface area contributed by atoms with Crippen LogP contribution in [0.25, 0.3) is 21.8 Å². The van der Waals surface area contributed by atoms with Gasteiger partial charge in [0.05, 0.1) is 10.6 Å². The summed E-state index contributed by atoms with van der Waals surface area (Å²) >= 11 is 7.49. The van der Waals surface area contributed by atoms with Crippen molar-refractivity contribution in [3.8, 4) is 21.8 Å². The highest BCUT2D eigenvalue weighted by molar-refractivity contribution is 7.92. The number of hydrogen-bond acceptors (Lipinski definition) is 4. The van der Waals surface area contributed by atoms with Gasteiger partial charge in [-0.2, -0.15) is 0 Å². The minimum Gasteiger partial charge on any atom is -0.280 e. The van der Waals surface area contributed by atoms with Gasteiger partial charge >= 0.3 is 0 Å². The molecule has 0 amide bonds. The molecule has 0 fully saturated rings. The number of aryl methyl sites for hydroxylation is 1. The lowest BCUT2D eigenvalue weighted by Crippen LogP contribution is -2.12. The Morgan fingerprint density at radius 2 is 1.48 bits per heavy atom. The number of sulfonamides is 1. The predicted molar refractivity (Wildman–Crippen MR) is 120 cm³/mol. The molecule has 0 unspecified atom stereocenters. The molecule has 4 rings (SSSR count). The monoisotopic (exact) mass is 440 g/mol. The summed E-state index contributed by atoms with van der Waals surface area (Å²) in [6, 6.07) is 21.5. The van der Waals surface area contributed by atoms with Crippen LogP contribution in [0, 0.1) is 6.92 Å². The van der Waals surface area contributed by atoms with E-state index in [0.29, 0.717) is 10.7 Å². The highest BCUT2D eigenvalue weighted by atomic mass is 35.5. The molecule has 3 aromatic carbocycles. The third kappa shape index (κ3) is 4.50. The first-order valence-electron chi connectivity index (χ1n) is 8.82. The minimum absolute atomic E-state index is 0.235. The molecule has 146 valence electrons. The molecule has 0 saturated heterocycles. The second-order valence-electron chi connectivity index (χ2n) is 6.54. The highest BCUT2D eigenvalue weighted by Crippen LogP contribution is 2.30. The first-order valence-corrected chi connectivity index (χ1v) is 11.6. The maximum absolute atomic E-state index is 12.5. The molecule has 1 aromatic heterocycles. The lowest BCUT2D eigenvalue weighted by atomic mass is 10.1. The number of aromatic nitrogens is 1. The van der Waals surface area contributed by atoms with Gasteiger partial charge in [0.1, 0.15) is 5.01 Å². The fourth-order valence-electron chi connectivity index (χ4n) is 2.77. The quantitative estimate of drug-likeness (QED) is 0.399. The summed E-state index contributed by atoms with van der Waals surface area (Å²) in [5.74, 6) is 0. The number of thiazole rings is 1. The number of halogens is 1. The Hall–Kier alpha value is -2.67. The molecule has 0 atom stereocenters. The molecule has 4 nitrogen and oxygen atoms in total. The van der Waals surface area contributed by atoms with Crippen LogP contribution in [0.1, 0.15) is 5.56 Å². The van der Waals surface area contributed by atoms with E-state index in [1.807, 2.05) is 48.7 Å². The predicted octanol–water partition coefficient (Wildman–Crippen LogP) is 6.24. The number of nitrogens with zero attached hydrogens (tertiary/aromatic N) is 1. The molecular weight excluding hydrogens is 424 g/mol. The SMILES string of the molecule is Cc1ccc(S(=O)(=O)Nc2ccc(-c3csc(-c4ccc(Cl)cc4)n3)cc2)cc1. The zero-order valence-electron chi connectivity index (χ0n) is 15.5. The summed E-state index contributed by atoms with van der Waals surface area (Å²) in [6.45, 7) is 1.92. The van der Waals surface area contributed by atoms with Crippen molar-refractivity contribution >= 4 is 38.6 Å². The average molecular weight is 441 g/mol. The molecule has 0 aliphatic heterocycles. The third-order valence-electron chi connectivity index (χ3n) is 4.36. The van der Waals surface area contributed by atoms with Crippen LogP contribution < -0.4 is 4.72 Å². The molecule has 1 heterocycles. The largest absolute Gasteiger partial charge is 0.280 e. The van der Waals surface area contributed by atoms with Gasteiger partial charge in [-0.1, -0.05) is 53.6 Å². The summed E-state index contributed by atoms with van der Waals surface area (Å²) in [7, 11) is -3.62. The molecular formula is C22H17ClN2O2S2. The summed E-state index contributed by atoms with van der Waals surface area (Å²) in [4.78, 5) is 4.91. The van der Waals surface area contributed by atoms with Crippen molar-refractivity contribution in [2.45, 2.75) is 11.8 Å². The molecule has 0 saturated carbocycles. The maximum Gasteiger partial charge on any atom is 0.261 e. The molecule has 29 heavy (non-hydrogen) atoms. The van der Waals surface area contributed by atoms with E-state index in [2.05, 4.69) is 9.71 Å². The van der Waals surface area contributed by atoms with Gasteiger partial charge in [0.25, 0.3) is 10.0 Å². The lowest BCUT2D eigenvalue weighted by molar-refractivity contribution is 0.601. The average Bonchev–Trinajstić information content (AvgIpc) is 3.19. The van der Waals surface area contributed by atoms with E-state index >= 15 is 0 Å². The number of rotatable bonds is 5. The van der Waals surface area contributed by atoms with Crippen molar-refractivity contribution in [3.05, 3.63) is 88.8 Å². The Morgan fingerprint density at radius 3 is 2.14 bits per heavy atom. The van der Waals surface area contributed by atoms with Crippen molar-refractivity contribution in [2.24, 2.45) is 0 Å². The fourth-order valence-corrected chi connectivity index (χ4v) is 4.79. The summed E-state index contributed by atoms with van der Waals surface area (Å²) in [5, 5.41) is 3.57. The summed E-state index contributed by atoms with van der Waals surface area (Å²) in [5.41, 5.74) is 4.28. The van der Waals surface area contributed by atoms with E-state index in [4.69, 9.17) is 11.6 Å². The van der Waals surface area contributed by atoms with Gasteiger partial charge < -0.3 is 0 Å². The first-order chi connectivity index (χ1) is 13.9. The van der Waals surface area contributed by atoms with Crippen LogP contribution in [-0.4, -0.2) is 13.4 Å². The Balaban J connectivity index is 1.52. The number of hydrogen-bond donors (Lipinski definition) is 1. The molecule has 0 bridgehead atoms. The number of anilines is 1. The van der Waals surface area contributed by atoms with E-state index in [-0.39, 0.29) is 4.90 Å². The molecule has 7 heteroatoms. The smallest absolute Gasteiger partial charge is 0.261 e. The van der Waals surface area contributed by atoms with Gasteiger partial charge in [-0.05, 0) is 43.3 Å². The Bertz CT molecular complexity index is 1230. The zero-order valence-corrected chi connectivity index (χ0v) is 17.9. The van der Waals surface area contributed by atoms with E-state index in [0.717, 1.165) is 27.4 Å². The van der Waals surface area contributed by atoms with Crippen LogP contribution >= 0.6 is 22.9 Å². The molecule has 4 aromatic rings. The van der Waals surface area contributed by atoms with E-state index in [9.17, 15) is 8.42 Å². The molecule has 0 aliphatic carbocycles. The maximum atomic E-state index is 12.5. The number of nitrogens with one attached hydrogen (secondary N) is 1. The van der Waals surface area contributed by atoms with E-state index < -0.39 is 10.0 Å². The summed E-state index contributed by atoms with van der Waals surface area (Å²) < 4.78 is 27.7. The second kappa shape index (κ2) is 7.99. The van der Waals surface area contributed by atoms with Gasteiger partial charge in [-0.25, -0.2) is 13.4 Å². The standard InChI is InChI=1S/C22H17ClN2O2S2/c1-15-2-12-20(13-3-15)29(26,27)25-19-10-6-16(7-11-19)21-14-28-22(24-21)17-4-8-18(23)9-5-17/h2-14,25H,1H3. The normalized spacial score (nSPS) is 11.4. The molecule has 0 radical (unpaired) electrons. The lowest BCUT2D eigenvalue weighted by Gasteiger charge is -2.09. The molecule has 1 N–H and O–H groups in total. The van der Waals surface area contributed by atoms with Crippen LogP contribution in [0.4, 0.5) is 5.69 Å². The first kappa shape index (κ1) is 19.6. The number of benzene rings is 3. The van der Waals surface area contributed by atoms with Crippen LogP contribution in [0.2, 0.25) is 5.02 Å². The van der Waals surface area contributed by atoms with Crippen molar-refractivity contribution in [1.82, 2.24) is 4.98 Å². The summed E-state index contributed by atoms with van der Waals surface area (Å²) in [6.07, 6.45) is 0. The van der Waals surface area contributed by atoms with Crippen molar-refractivity contribution in [3.63, 3.8) is 0 Å². The van der Waals surface area contributed by atoms with Crippen molar-refractivity contribution in [1.29, 1.82) is 0 Å².